The van der Waals surface area contributed by atoms with Gasteiger partial charge < -0.3 is 15.2 Å². The lowest BCUT2D eigenvalue weighted by Gasteiger charge is -2.12. The summed E-state index contributed by atoms with van der Waals surface area (Å²) >= 11 is 0. The Morgan fingerprint density at radius 1 is 1.61 bits per heavy atom. The summed E-state index contributed by atoms with van der Waals surface area (Å²) in [6.45, 7) is 0.450. The van der Waals surface area contributed by atoms with Crippen molar-refractivity contribution in [3.63, 3.8) is 0 Å². The van der Waals surface area contributed by atoms with E-state index in [9.17, 15) is 15.2 Å². The number of aliphatic hydroxyl groups is 1. The van der Waals surface area contributed by atoms with E-state index in [1.807, 2.05) is 0 Å². The van der Waals surface area contributed by atoms with Crippen LogP contribution >= 0.6 is 0 Å². The molecule has 1 atom stereocenters. The molecule has 0 amide bonds. The number of anilines is 1. The highest BCUT2D eigenvalue weighted by Crippen LogP contribution is 2.33. The zero-order chi connectivity index (χ0) is 13.1. The van der Waals surface area contributed by atoms with Crippen LogP contribution in [0.4, 0.5) is 11.4 Å². The Balaban J connectivity index is 2.02. The summed E-state index contributed by atoms with van der Waals surface area (Å²) in [5.74, 6) is 0.614. The molecule has 0 spiro atoms. The molecule has 2 rings (SSSR count). The highest BCUT2D eigenvalue weighted by atomic mass is 16.6. The van der Waals surface area contributed by atoms with Crippen LogP contribution in [0, 0.1) is 16.0 Å². The molecule has 18 heavy (non-hydrogen) atoms. The SMILES string of the molecule is COc1cc(NCC(O)C2CC2)ccc1[N+](=O)[O-]. The molecule has 1 unspecified atom stereocenters. The Hall–Kier alpha value is -1.82. The number of rotatable bonds is 6. The number of nitro benzene ring substituents is 1. The first-order chi connectivity index (χ1) is 8.61. The van der Waals surface area contributed by atoms with E-state index in [0.29, 0.717) is 18.2 Å². The van der Waals surface area contributed by atoms with Gasteiger partial charge in [0.1, 0.15) is 0 Å². The van der Waals surface area contributed by atoms with Crippen LogP contribution in [0.5, 0.6) is 5.75 Å². The Morgan fingerprint density at radius 2 is 2.33 bits per heavy atom. The molecule has 1 saturated carbocycles. The average Bonchev–Trinajstić information content (AvgIpc) is 3.19. The van der Waals surface area contributed by atoms with E-state index >= 15 is 0 Å². The molecule has 1 aliphatic carbocycles. The van der Waals surface area contributed by atoms with E-state index in [4.69, 9.17) is 4.74 Å². The summed E-state index contributed by atoms with van der Waals surface area (Å²) < 4.78 is 4.97. The minimum Gasteiger partial charge on any atom is -0.490 e. The van der Waals surface area contributed by atoms with Gasteiger partial charge in [-0.1, -0.05) is 0 Å². The molecule has 6 heteroatoms. The van der Waals surface area contributed by atoms with Crippen LogP contribution in [0.25, 0.3) is 0 Å². The van der Waals surface area contributed by atoms with Crippen LogP contribution in [0.1, 0.15) is 12.8 Å². The molecule has 6 nitrogen and oxygen atoms in total. The highest BCUT2D eigenvalue weighted by molar-refractivity contribution is 5.58. The Morgan fingerprint density at radius 3 is 2.89 bits per heavy atom. The molecule has 0 radical (unpaired) electrons. The van der Waals surface area contributed by atoms with E-state index in [-0.39, 0.29) is 17.5 Å². The predicted molar refractivity (Wildman–Crippen MR) is 66.9 cm³/mol. The maximum atomic E-state index is 10.7. The van der Waals surface area contributed by atoms with Crippen molar-refractivity contribution in [1.82, 2.24) is 0 Å². The summed E-state index contributed by atoms with van der Waals surface area (Å²) in [7, 11) is 1.39. The van der Waals surface area contributed by atoms with Crippen molar-refractivity contribution >= 4 is 11.4 Å². The summed E-state index contributed by atoms with van der Waals surface area (Å²) in [5.41, 5.74) is 0.642. The van der Waals surface area contributed by atoms with Crippen molar-refractivity contribution in [3.05, 3.63) is 28.3 Å². The molecule has 1 aromatic carbocycles. The fourth-order valence-electron chi connectivity index (χ4n) is 1.81. The van der Waals surface area contributed by atoms with Crippen molar-refractivity contribution in [2.45, 2.75) is 18.9 Å². The third kappa shape index (κ3) is 2.89. The van der Waals surface area contributed by atoms with Gasteiger partial charge in [-0.15, -0.1) is 0 Å². The van der Waals surface area contributed by atoms with Gasteiger partial charge in [-0.2, -0.15) is 0 Å². The first kappa shape index (κ1) is 12.6. The number of nitrogens with one attached hydrogen (secondary N) is 1. The van der Waals surface area contributed by atoms with Gasteiger partial charge in [-0.3, -0.25) is 10.1 Å². The molecule has 98 valence electrons. The first-order valence-electron chi connectivity index (χ1n) is 5.86. The van der Waals surface area contributed by atoms with Crippen molar-refractivity contribution in [1.29, 1.82) is 0 Å². The van der Waals surface area contributed by atoms with E-state index in [2.05, 4.69) is 5.32 Å². The number of hydrogen-bond donors (Lipinski definition) is 2. The standard InChI is InChI=1S/C12H16N2O4/c1-18-12-6-9(4-5-10(12)14(16)17)13-7-11(15)8-2-3-8/h4-6,8,11,13,15H,2-3,7H2,1H3. The van der Waals surface area contributed by atoms with E-state index < -0.39 is 4.92 Å². The molecule has 1 aliphatic rings. The van der Waals surface area contributed by atoms with Gasteiger partial charge in [-0.05, 0) is 24.8 Å². The van der Waals surface area contributed by atoms with Crippen LogP contribution in [-0.4, -0.2) is 29.8 Å². The molecule has 0 aliphatic heterocycles. The molecular weight excluding hydrogens is 236 g/mol. The molecular formula is C12H16N2O4. The van der Waals surface area contributed by atoms with E-state index in [0.717, 1.165) is 12.8 Å². The summed E-state index contributed by atoms with van der Waals surface area (Å²) in [4.78, 5) is 10.2. The van der Waals surface area contributed by atoms with Crippen LogP contribution in [-0.2, 0) is 0 Å². The fourth-order valence-corrected chi connectivity index (χ4v) is 1.81. The Labute approximate surface area is 105 Å². The number of benzene rings is 1. The molecule has 0 saturated heterocycles. The van der Waals surface area contributed by atoms with E-state index in [1.54, 1.807) is 12.1 Å². The summed E-state index contributed by atoms with van der Waals surface area (Å²) in [6.07, 6.45) is 1.80. The van der Waals surface area contributed by atoms with Gasteiger partial charge in [0.15, 0.2) is 5.75 Å². The second kappa shape index (κ2) is 5.22. The van der Waals surface area contributed by atoms with Gasteiger partial charge in [0.05, 0.1) is 18.1 Å². The van der Waals surface area contributed by atoms with Crippen LogP contribution in [0.15, 0.2) is 18.2 Å². The van der Waals surface area contributed by atoms with Crippen molar-refractivity contribution < 1.29 is 14.8 Å². The highest BCUT2D eigenvalue weighted by Gasteiger charge is 2.29. The van der Waals surface area contributed by atoms with Gasteiger partial charge >= 0.3 is 5.69 Å². The number of nitrogens with zero attached hydrogens (tertiary/aromatic N) is 1. The quantitative estimate of drug-likeness (QED) is 0.595. The topological polar surface area (TPSA) is 84.6 Å². The summed E-state index contributed by atoms with van der Waals surface area (Å²) in [6, 6.07) is 4.57. The van der Waals surface area contributed by atoms with Crippen LogP contribution in [0.3, 0.4) is 0 Å². The van der Waals surface area contributed by atoms with Gasteiger partial charge in [0.25, 0.3) is 0 Å². The van der Waals surface area contributed by atoms with Crippen molar-refractivity contribution in [3.8, 4) is 5.75 Å². The van der Waals surface area contributed by atoms with Gasteiger partial charge in [0, 0.05) is 24.4 Å². The molecule has 1 aromatic rings. The first-order valence-corrected chi connectivity index (χ1v) is 5.86. The smallest absolute Gasteiger partial charge is 0.311 e. The zero-order valence-electron chi connectivity index (χ0n) is 10.1. The number of nitro groups is 1. The normalized spacial score (nSPS) is 16.1. The Kier molecular flexibility index (Phi) is 3.66. The fraction of sp³-hybridized carbons (Fsp3) is 0.500. The van der Waals surface area contributed by atoms with Crippen LogP contribution < -0.4 is 10.1 Å². The van der Waals surface area contributed by atoms with Crippen molar-refractivity contribution in [2.24, 2.45) is 5.92 Å². The summed E-state index contributed by atoms with van der Waals surface area (Å²) in [5, 5.41) is 23.5. The zero-order valence-corrected chi connectivity index (χ0v) is 10.1. The molecule has 2 N–H and O–H groups in total. The largest absolute Gasteiger partial charge is 0.490 e. The molecule has 0 aromatic heterocycles. The second-order valence-corrected chi connectivity index (χ2v) is 4.43. The lowest BCUT2D eigenvalue weighted by atomic mass is 10.2. The van der Waals surface area contributed by atoms with E-state index in [1.165, 1.54) is 13.2 Å². The maximum absolute atomic E-state index is 10.7. The Bertz CT molecular complexity index is 446. The average molecular weight is 252 g/mol. The minimum atomic E-state index is -0.484. The molecule has 0 bridgehead atoms. The number of hydrogen-bond acceptors (Lipinski definition) is 5. The molecule has 1 fully saturated rings. The lowest BCUT2D eigenvalue weighted by molar-refractivity contribution is -0.385. The predicted octanol–water partition coefficient (Wildman–Crippen LogP) is 1.79. The van der Waals surface area contributed by atoms with Gasteiger partial charge in [-0.25, -0.2) is 0 Å². The number of ether oxygens (including phenoxy) is 1. The minimum absolute atomic E-state index is 0.0641. The third-order valence-corrected chi connectivity index (χ3v) is 3.06. The van der Waals surface area contributed by atoms with Gasteiger partial charge in [0.2, 0.25) is 0 Å². The maximum Gasteiger partial charge on any atom is 0.311 e. The number of aliphatic hydroxyl groups excluding tert-OH is 1. The monoisotopic (exact) mass is 252 g/mol. The van der Waals surface area contributed by atoms with Crippen molar-refractivity contribution in [2.75, 3.05) is 19.0 Å². The second-order valence-electron chi connectivity index (χ2n) is 4.43. The lowest BCUT2D eigenvalue weighted by Crippen LogP contribution is -2.21. The number of methoxy groups -OCH3 is 1. The van der Waals surface area contributed by atoms with Crippen LogP contribution in [0.2, 0.25) is 0 Å². The molecule has 0 heterocycles. The third-order valence-electron chi connectivity index (χ3n) is 3.06.